The maximum absolute atomic E-state index is 13.5. The van der Waals surface area contributed by atoms with E-state index in [9.17, 15) is 9.59 Å². The molecule has 0 bridgehead atoms. The van der Waals surface area contributed by atoms with Crippen molar-refractivity contribution in [2.24, 2.45) is 0 Å². The van der Waals surface area contributed by atoms with Crippen LogP contribution in [0.25, 0.3) is 22.5 Å². The van der Waals surface area contributed by atoms with E-state index in [-0.39, 0.29) is 17.3 Å². The highest BCUT2D eigenvalue weighted by Gasteiger charge is 2.42. The van der Waals surface area contributed by atoms with Crippen LogP contribution in [0.3, 0.4) is 0 Å². The van der Waals surface area contributed by atoms with Crippen molar-refractivity contribution < 1.29 is 9.59 Å². The van der Waals surface area contributed by atoms with Gasteiger partial charge in [0.1, 0.15) is 22.8 Å². The van der Waals surface area contributed by atoms with Crippen LogP contribution in [0.2, 0.25) is 0 Å². The molecule has 2 heterocycles. The molecule has 0 spiro atoms. The van der Waals surface area contributed by atoms with Crippen LogP contribution in [0.15, 0.2) is 151 Å². The van der Waals surface area contributed by atoms with Crippen molar-refractivity contribution in [1.29, 1.82) is 0 Å². The Hall–Kier alpha value is -6.54. The van der Waals surface area contributed by atoms with E-state index in [0.29, 0.717) is 35.6 Å². The molecule has 1 aliphatic rings. The van der Waals surface area contributed by atoms with Gasteiger partial charge in [-0.25, -0.2) is 9.67 Å². The van der Waals surface area contributed by atoms with Gasteiger partial charge in [0, 0.05) is 29.7 Å². The van der Waals surface area contributed by atoms with Crippen LogP contribution in [-0.4, -0.2) is 41.3 Å². The van der Waals surface area contributed by atoms with Gasteiger partial charge < -0.3 is 4.57 Å². The molecule has 0 unspecified atom stereocenters. The number of aromatic nitrogens is 6. The van der Waals surface area contributed by atoms with Crippen LogP contribution in [0, 0.1) is 0 Å². The first-order chi connectivity index (χ1) is 26.4. The van der Waals surface area contributed by atoms with E-state index in [0.717, 1.165) is 57.6 Å². The Bertz CT molecular complexity index is 2400. The van der Waals surface area contributed by atoms with E-state index in [4.69, 9.17) is 15.3 Å². The van der Waals surface area contributed by atoms with Crippen LogP contribution < -0.4 is 0 Å². The smallest absolute Gasteiger partial charge is 0.209 e. The molecular formula is C46H40N6O2. The summed E-state index contributed by atoms with van der Waals surface area (Å²) in [6.07, 6.45) is 2.59. The Morgan fingerprint density at radius 2 is 1.17 bits per heavy atom. The van der Waals surface area contributed by atoms with Crippen molar-refractivity contribution >= 4 is 11.6 Å². The van der Waals surface area contributed by atoms with Crippen molar-refractivity contribution in [1.82, 2.24) is 29.8 Å². The number of carbonyl (C=O) groups is 2. The van der Waals surface area contributed by atoms with Crippen LogP contribution in [0.5, 0.6) is 0 Å². The quantitative estimate of drug-likeness (QED) is 0.124. The topological polar surface area (TPSA) is 95.6 Å². The summed E-state index contributed by atoms with van der Waals surface area (Å²) in [5, 5.41) is 13.8. The number of benzene rings is 5. The zero-order chi connectivity index (χ0) is 37.2. The summed E-state index contributed by atoms with van der Waals surface area (Å²) in [4.78, 5) is 31.5. The highest BCUT2D eigenvalue weighted by molar-refractivity contribution is 6.25. The molecule has 0 saturated heterocycles. The summed E-state index contributed by atoms with van der Waals surface area (Å²) in [6, 6.07) is 47.7. The number of nitrogens with zero attached hydrogens (tertiary/aromatic N) is 6. The molecule has 5 aromatic carbocycles. The Morgan fingerprint density at radius 1 is 0.630 bits per heavy atom. The number of fused-ring (bicyclic) bond motifs is 1. The maximum Gasteiger partial charge on any atom is 0.209 e. The number of allylic oxidation sites excluding steroid dienone is 2. The lowest BCUT2D eigenvalue weighted by atomic mass is 9.77. The SMILES string of the molecule is CCCCc1nc2c(n1Cc1ccc(-c3ccccc3-c3nnnn3C(c3ccccc3)(c3ccccc3)c3ccccc3)cc1)C(=O)C(C)=C(C)C2=O. The molecule has 7 aromatic rings. The van der Waals surface area contributed by atoms with Crippen molar-refractivity contribution in [3.05, 3.63) is 190 Å². The number of Topliss-reactive ketones (excluding diaryl/α,β-unsaturated/α-hetero) is 2. The third-order valence-electron chi connectivity index (χ3n) is 10.6. The first kappa shape index (κ1) is 34.5. The van der Waals surface area contributed by atoms with Gasteiger partial charge in [-0.15, -0.1) is 5.10 Å². The number of ketones is 2. The predicted molar refractivity (Wildman–Crippen MR) is 210 cm³/mol. The van der Waals surface area contributed by atoms with E-state index < -0.39 is 5.54 Å². The fourth-order valence-electron chi connectivity index (χ4n) is 7.67. The number of hydrogen-bond donors (Lipinski definition) is 0. The van der Waals surface area contributed by atoms with Crippen molar-refractivity contribution in [3.63, 3.8) is 0 Å². The summed E-state index contributed by atoms with van der Waals surface area (Å²) >= 11 is 0. The minimum Gasteiger partial charge on any atom is -0.320 e. The van der Waals surface area contributed by atoms with Gasteiger partial charge in [-0.3, -0.25) is 9.59 Å². The molecule has 0 amide bonds. The van der Waals surface area contributed by atoms with Crippen molar-refractivity contribution in [2.45, 2.75) is 52.1 Å². The van der Waals surface area contributed by atoms with E-state index in [2.05, 4.69) is 121 Å². The summed E-state index contributed by atoms with van der Waals surface area (Å²) in [5.41, 5.74) is 7.68. The lowest BCUT2D eigenvalue weighted by Crippen LogP contribution is -2.39. The minimum absolute atomic E-state index is 0.127. The zero-order valence-electron chi connectivity index (χ0n) is 30.6. The van der Waals surface area contributed by atoms with E-state index in [1.165, 1.54) is 0 Å². The van der Waals surface area contributed by atoms with E-state index in [1.807, 2.05) is 39.6 Å². The second-order valence-corrected chi connectivity index (χ2v) is 13.8. The van der Waals surface area contributed by atoms with Gasteiger partial charge in [-0.05, 0) is 64.1 Å². The molecule has 0 N–H and O–H groups in total. The van der Waals surface area contributed by atoms with Gasteiger partial charge in [0.2, 0.25) is 11.6 Å². The van der Waals surface area contributed by atoms with Crippen LogP contribution in [0.4, 0.5) is 0 Å². The van der Waals surface area contributed by atoms with Gasteiger partial charge in [0.05, 0.1) is 0 Å². The standard InChI is InChI=1S/C46H40N6O2/c1-4-5-25-40-47-41-42(44(54)32(3)31(2)43(41)53)51(40)30-33-26-28-34(29-27-33)38-23-15-16-24-39(38)45-48-49-50-52(45)46(35-17-9-6-10-18-35,36-19-11-7-12-20-36)37-21-13-8-14-22-37/h6-24,26-29H,4-5,25,30H2,1-3H3. The average molecular weight is 709 g/mol. The molecule has 54 heavy (non-hydrogen) atoms. The normalized spacial score (nSPS) is 13.0. The first-order valence-electron chi connectivity index (χ1n) is 18.4. The summed E-state index contributed by atoms with van der Waals surface area (Å²) in [7, 11) is 0. The largest absolute Gasteiger partial charge is 0.320 e. The Labute approximate surface area is 314 Å². The summed E-state index contributed by atoms with van der Waals surface area (Å²) in [6.45, 7) is 6.00. The number of tetrazole rings is 1. The maximum atomic E-state index is 13.5. The molecule has 0 radical (unpaired) electrons. The van der Waals surface area contributed by atoms with Gasteiger partial charge in [0.15, 0.2) is 5.82 Å². The summed E-state index contributed by atoms with van der Waals surface area (Å²) in [5.74, 6) is 1.10. The number of rotatable bonds is 11. The molecule has 0 aliphatic heterocycles. The second-order valence-electron chi connectivity index (χ2n) is 13.8. The number of carbonyl (C=O) groups excluding carboxylic acids is 2. The number of aryl methyl sites for hydroxylation is 1. The Morgan fingerprint density at radius 3 is 1.74 bits per heavy atom. The molecule has 266 valence electrons. The van der Waals surface area contributed by atoms with Crippen molar-refractivity contribution in [2.75, 3.05) is 0 Å². The Kier molecular flexibility index (Phi) is 9.26. The molecule has 0 saturated carbocycles. The van der Waals surface area contributed by atoms with Crippen LogP contribution in [-0.2, 0) is 18.5 Å². The van der Waals surface area contributed by atoms with Crippen molar-refractivity contribution in [3.8, 4) is 22.5 Å². The predicted octanol–water partition coefficient (Wildman–Crippen LogP) is 9.15. The first-order valence-corrected chi connectivity index (χ1v) is 18.4. The fourth-order valence-corrected chi connectivity index (χ4v) is 7.67. The molecule has 1 aliphatic carbocycles. The fraction of sp³-hybridized carbons (Fsp3) is 0.174. The highest BCUT2D eigenvalue weighted by Crippen LogP contribution is 2.43. The monoisotopic (exact) mass is 708 g/mol. The van der Waals surface area contributed by atoms with Gasteiger partial charge in [0.25, 0.3) is 0 Å². The lowest BCUT2D eigenvalue weighted by Gasteiger charge is -2.36. The van der Waals surface area contributed by atoms with Crippen LogP contribution >= 0.6 is 0 Å². The number of unbranched alkanes of at least 4 members (excludes halogenated alkanes) is 1. The molecule has 0 fully saturated rings. The molecule has 8 heteroatoms. The molecule has 8 rings (SSSR count). The van der Waals surface area contributed by atoms with E-state index >= 15 is 0 Å². The summed E-state index contributed by atoms with van der Waals surface area (Å²) < 4.78 is 3.91. The lowest BCUT2D eigenvalue weighted by molar-refractivity contribution is 0.0967. The molecular weight excluding hydrogens is 669 g/mol. The molecule has 2 aromatic heterocycles. The molecule has 0 atom stereocenters. The minimum atomic E-state index is -0.885. The van der Waals surface area contributed by atoms with E-state index in [1.54, 1.807) is 13.8 Å². The Balaban J connectivity index is 1.22. The van der Waals surface area contributed by atoms with Gasteiger partial charge in [-0.1, -0.05) is 153 Å². The highest BCUT2D eigenvalue weighted by atomic mass is 16.1. The molecule has 8 nitrogen and oxygen atoms in total. The van der Waals surface area contributed by atoms with Crippen LogP contribution in [0.1, 0.15) is 82.7 Å². The average Bonchev–Trinajstić information content (AvgIpc) is 3.86. The number of imidazole rings is 1. The zero-order valence-corrected chi connectivity index (χ0v) is 30.6. The third-order valence-corrected chi connectivity index (χ3v) is 10.6. The third kappa shape index (κ3) is 5.80. The van der Waals surface area contributed by atoms with Gasteiger partial charge in [-0.2, -0.15) is 0 Å². The second kappa shape index (κ2) is 14.5. The van der Waals surface area contributed by atoms with Gasteiger partial charge >= 0.3 is 0 Å². The number of hydrogen-bond acceptors (Lipinski definition) is 6.